The van der Waals surface area contributed by atoms with Gasteiger partial charge in [0.15, 0.2) is 14.5 Å². The average Bonchev–Trinajstić information content (AvgIpc) is 3.37. The Balaban J connectivity index is 1.50. The van der Waals surface area contributed by atoms with Gasteiger partial charge in [0.25, 0.3) is 0 Å². The van der Waals surface area contributed by atoms with E-state index in [1.807, 2.05) is 40.0 Å². The Labute approximate surface area is 171 Å². The Morgan fingerprint density at radius 1 is 1.23 bits per heavy atom. The molecule has 0 fully saturated rings. The van der Waals surface area contributed by atoms with E-state index in [1.165, 1.54) is 23.3 Å². The summed E-state index contributed by atoms with van der Waals surface area (Å²) in [6.45, 7) is 0.0944. The normalized spacial score (nSPS) is 16.9. The third kappa shape index (κ3) is 4.05. The Morgan fingerprint density at radius 3 is 2.81 bits per heavy atom. The molecule has 26 heavy (non-hydrogen) atoms. The number of benzene rings is 1. The van der Waals surface area contributed by atoms with Crippen LogP contribution in [0, 0.1) is 0 Å². The van der Waals surface area contributed by atoms with Crippen molar-refractivity contribution in [1.29, 1.82) is 0 Å². The van der Waals surface area contributed by atoms with Gasteiger partial charge in [0.1, 0.15) is 5.37 Å². The van der Waals surface area contributed by atoms with E-state index in [1.54, 1.807) is 23.1 Å². The number of aliphatic hydroxyl groups excluding tert-OH is 1. The molecule has 4 rings (SSSR count). The summed E-state index contributed by atoms with van der Waals surface area (Å²) in [5.41, 5.74) is 1.96. The van der Waals surface area contributed by atoms with Crippen LogP contribution in [-0.4, -0.2) is 36.0 Å². The first-order valence-corrected chi connectivity index (χ1v) is 11.3. The highest BCUT2D eigenvalue weighted by Crippen LogP contribution is 2.40. The summed E-state index contributed by atoms with van der Waals surface area (Å²) in [5, 5.41) is 24.5. The molecule has 3 aromatic rings. The van der Waals surface area contributed by atoms with Crippen LogP contribution in [0.25, 0.3) is 11.3 Å². The smallest absolute Gasteiger partial charge is 0.185 e. The van der Waals surface area contributed by atoms with Crippen molar-refractivity contribution in [2.75, 3.05) is 11.6 Å². The zero-order chi connectivity index (χ0) is 17.9. The van der Waals surface area contributed by atoms with Crippen LogP contribution in [0.2, 0.25) is 5.02 Å². The molecule has 1 aliphatic heterocycles. The lowest BCUT2D eigenvalue weighted by Crippen LogP contribution is -2.25. The van der Waals surface area contributed by atoms with E-state index < -0.39 is 0 Å². The van der Waals surface area contributed by atoms with Crippen LogP contribution in [0.1, 0.15) is 6.42 Å². The molecule has 0 saturated heterocycles. The van der Waals surface area contributed by atoms with E-state index >= 15 is 0 Å². The van der Waals surface area contributed by atoms with Crippen LogP contribution in [0.5, 0.6) is 0 Å². The van der Waals surface area contributed by atoms with Gasteiger partial charge in [-0.05, 0) is 35.4 Å². The topological polar surface area (TPSA) is 74.5 Å². The van der Waals surface area contributed by atoms with Crippen molar-refractivity contribution in [3.05, 3.63) is 40.0 Å². The van der Waals surface area contributed by atoms with E-state index in [2.05, 4.69) is 19.7 Å². The second kappa shape index (κ2) is 8.24. The first-order valence-electron chi connectivity index (χ1n) is 7.54. The average molecular weight is 442 g/mol. The Bertz CT molecular complexity index is 899. The number of thioether (sulfide) groups is 2. The molecule has 0 bridgehead atoms. The van der Waals surface area contributed by atoms with Gasteiger partial charge in [-0.3, -0.25) is 0 Å². The van der Waals surface area contributed by atoms with Crippen molar-refractivity contribution in [3.63, 3.8) is 0 Å². The van der Waals surface area contributed by atoms with Crippen LogP contribution >= 0.6 is 58.0 Å². The molecule has 1 aliphatic rings. The predicted molar refractivity (Wildman–Crippen MR) is 111 cm³/mol. The minimum atomic E-state index is 0.0158. The molecular formula is C15H12ClN5OS4. The summed E-state index contributed by atoms with van der Waals surface area (Å²) < 4.78 is 5.70. The predicted octanol–water partition coefficient (Wildman–Crippen LogP) is 4.64. The minimum Gasteiger partial charge on any atom is -0.396 e. The molecular weight excluding hydrogens is 430 g/mol. The Morgan fingerprint density at radius 2 is 2.08 bits per heavy atom. The van der Waals surface area contributed by atoms with Crippen molar-refractivity contribution >= 4 is 68.2 Å². The van der Waals surface area contributed by atoms with Gasteiger partial charge in [0.05, 0.1) is 11.1 Å². The van der Waals surface area contributed by atoms with Crippen molar-refractivity contribution in [1.82, 2.24) is 14.6 Å². The van der Waals surface area contributed by atoms with Gasteiger partial charge in [0, 0.05) is 29.0 Å². The number of thiazole rings is 1. The zero-order valence-electron chi connectivity index (χ0n) is 13.1. The van der Waals surface area contributed by atoms with Gasteiger partial charge < -0.3 is 5.11 Å². The number of aromatic nitrogens is 3. The molecule has 11 heteroatoms. The largest absolute Gasteiger partial charge is 0.396 e. The van der Waals surface area contributed by atoms with E-state index in [9.17, 15) is 5.11 Å². The highest BCUT2D eigenvalue weighted by atomic mass is 35.5. The van der Waals surface area contributed by atoms with Gasteiger partial charge >= 0.3 is 0 Å². The fraction of sp³-hybridized carbons (Fsp3) is 0.200. The third-order valence-electron chi connectivity index (χ3n) is 3.46. The molecule has 2 aromatic heterocycles. The molecule has 0 amide bonds. The lowest BCUT2D eigenvalue weighted by Gasteiger charge is -2.18. The molecule has 134 valence electrons. The van der Waals surface area contributed by atoms with E-state index in [4.69, 9.17) is 11.6 Å². The molecule has 6 nitrogen and oxygen atoms in total. The summed E-state index contributed by atoms with van der Waals surface area (Å²) in [4.78, 5) is 4.68. The maximum atomic E-state index is 9.32. The lowest BCUT2D eigenvalue weighted by molar-refractivity contribution is 0.286. The number of aliphatic hydroxyl groups is 1. The van der Waals surface area contributed by atoms with E-state index in [0.29, 0.717) is 17.3 Å². The van der Waals surface area contributed by atoms with Crippen molar-refractivity contribution in [3.8, 4) is 11.3 Å². The number of rotatable bonds is 5. The number of hydrazone groups is 1. The van der Waals surface area contributed by atoms with Gasteiger partial charge in [0.2, 0.25) is 0 Å². The summed E-state index contributed by atoms with van der Waals surface area (Å²) in [6.07, 6.45) is 0.601. The number of nitrogens with zero attached hydrogens (tertiary/aromatic N) is 5. The number of hydrogen-bond acceptors (Lipinski definition) is 10. The van der Waals surface area contributed by atoms with Gasteiger partial charge in [-0.1, -0.05) is 40.0 Å². The number of halogens is 1. The van der Waals surface area contributed by atoms with Crippen molar-refractivity contribution < 1.29 is 5.11 Å². The highest BCUT2D eigenvalue weighted by Gasteiger charge is 2.30. The van der Waals surface area contributed by atoms with Crippen LogP contribution in [0.3, 0.4) is 0 Å². The Hall–Kier alpha value is -1.17. The SMILES string of the molecule is OCCC1SC(Sc2nc(-c3ccc(Cl)cc3)cs2)=NN1c1csnn1. The van der Waals surface area contributed by atoms with Crippen molar-refractivity contribution in [2.24, 2.45) is 5.10 Å². The van der Waals surface area contributed by atoms with Crippen LogP contribution < -0.4 is 5.01 Å². The second-order valence-electron chi connectivity index (χ2n) is 5.17. The summed E-state index contributed by atoms with van der Waals surface area (Å²) >= 11 is 11.9. The monoisotopic (exact) mass is 441 g/mol. The molecule has 0 radical (unpaired) electrons. The zero-order valence-corrected chi connectivity index (χ0v) is 17.2. The molecule has 0 aliphatic carbocycles. The van der Waals surface area contributed by atoms with E-state index in [0.717, 1.165) is 20.0 Å². The molecule has 1 aromatic carbocycles. The third-order valence-corrected chi connectivity index (χ3v) is 7.42. The highest BCUT2D eigenvalue weighted by molar-refractivity contribution is 8.39. The fourth-order valence-corrected chi connectivity index (χ4v) is 6.14. The molecule has 3 heterocycles. The first-order chi connectivity index (χ1) is 12.7. The summed E-state index contributed by atoms with van der Waals surface area (Å²) in [7, 11) is 0. The molecule has 1 atom stereocenters. The standard InChI is InChI=1S/C15H12ClN5OS4/c16-10-3-1-9(2-4-10)11-7-23-14(17-11)26-15-19-21(12-8-24-20-18-12)13(25-15)5-6-22/h1-4,7-8,13,22H,5-6H2. The molecule has 1 unspecified atom stereocenters. The fourth-order valence-electron chi connectivity index (χ4n) is 2.27. The van der Waals surface area contributed by atoms with Crippen LogP contribution in [-0.2, 0) is 0 Å². The van der Waals surface area contributed by atoms with Crippen LogP contribution in [0.4, 0.5) is 5.82 Å². The Kier molecular flexibility index (Phi) is 5.77. The molecule has 0 saturated carbocycles. The summed E-state index contributed by atoms with van der Waals surface area (Å²) in [6, 6.07) is 7.64. The summed E-state index contributed by atoms with van der Waals surface area (Å²) in [5.74, 6) is 0.706. The second-order valence-corrected chi connectivity index (χ2v) is 9.73. The maximum absolute atomic E-state index is 9.32. The first kappa shape index (κ1) is 18.2. The number of anilines is 1. The maximum Gasteiger partial charge on any atom is 0.185 e. The van der Waals surface area contributed by atoms with Gasteiger partial charge in [-0.25, -0.2) is 9.99 Å². The molecule has 0 spiro atoms. The quantitative estimate of drug-likeness (QED) is 0.618. The van der Waals surface area contributed by atoms with Crippen LogP contribution in [0.15, 0.2) is 44.5 Å². The van der Waals surface area contributed by atoms with E-state index in [-0.39, 0.29) is 12.0 Å². The lowest BCUT2D eigenvalue weighted by atomic mass is 10.2. The van der Waals surface area contributed by atoms with Crippen molar-refractivity contribution in [2.45, 2.75) is 16.1 Å². The molecule has 1 N–H and O–H groups in total. The van der Waals surface area contributed by atoms with Gasteiger partial charge in [-0.2, -0.15) is 5.10 Å². The minimum absolute atomic E-state index is 0.0158. The number of hydrogen-bond donors (Lipinski definition) is 1. The van der Waals surface area contributed by atoms with Gasteiger partial charge in [-0.15, -0.1) is 16.4 Å².